The zero-order chi connectivity index (χ0) is 18.8. The molecule has 136 valence electrons. The smallest absolute Gasteiger partial charge is 0.266 e. The maximum absolute atomic E-state index is 13.2. The molecule has 2 aromatic carbocycles. The number of hydrogen-bond donors (Lipinski definition) is 0. The Morgan fingerprint density at radius 1 is 1.07 bits per heavy atom. The third kappa shape index (κ3) is 3.38. The van der Waals surface area contributed by atoms with Gasteiger partial charge < -0.3 is 0 Å². The summed E-state index contributed by atoms with van der Waals surface area (Å²) >= 11 is 1.48. The molecule has 0 atom stereocenters. The molecule has 0 N–H and O–H groups in total. The summed E-state index contributed by atoms with van der Waals surface area (Å²) in [6.07, 6.45) is 2.49. The molecule has 0 bridgehead atoms. The standard InChI is InChI=1S/C20H19N5OS/c1-3-14-8-10-15(11-9-14)25-19(26)16-6-4-5-7-17(16)23-20(25)27-12-18-21-13-22-24(18)2/h4-11,13H,3,12H2,1-2H3. The van der Waals surface area contributed by atoms with Gasteiger partial charge in [0.25, 0.3) is 5.56 Å². The van der Waals surface area contributed by atoms with Crippen LogP contribution in [-0.2, 0) is 19.2 Å². The summed E-state index contributed by atoms with van der Waals surface area (Å²) in [5.41, 5.74) is 2.68. The average Bonchev–Trinajstić information content (AvgIpc) is 3.11. The Kier molecular flexibility index (Phi) is 4.77. The van der Waals surface area contributed by atoms with E-state index in [1.165, 1.54) is 23.7 Å². The zero-order valence-electron chi connectivity index (χ0n) is 15.2. The van der Waals surface area contributed by atoms with Gasteiger partial charge >= 0.3 is 0 Å². The summed E-state index contributed by atoms with van der Waals surface area (Å²) in [6.45, 7) is 2.11. The molecule has 0 aliphatic heterocycles. The van der Waals surface area contributed by atoms with Crippen molar-refractivity contribution in [3.63, 3.8) is 0 Å². The summed E-state index contributed by atoms with van der Waals surface area (Å²) in [5, 5.41) is 5.35. The molecule has 0 aliphatic carbocycles. The van der Waals surface area contributed by atoms with Gasteiger partial charge in [0, 0.05) is 7.05 Å². The molecule has 4 aromatic rings. The van der Waals surface area contributed by atoms with Crippen molar-refractivity contribution in [3.8, 4) is 5.69 Å². The number of benzene rings is 2. The van der Waals surface area contributed by atoms with Crippen LogP contribution in [0.25, 0.3) is 16.6 Å². The van der Waals surface area contributed by atoms with Crippen LogP contribution in [0.1, 0.15) is 18.3 Å². The molecule has 0 unspecified atom stereocenters. The molecule has 4 rings (SSSR count). The number of aromatic nitrogens is 5. The molecule has 27 heavy (non-hydrogen) atoms. The van der Waals surface area contributed by atoms with E-state index in [4.69, 9.17) is 4.98 Å². The third-order valence-electron chi connectivity index (χ3n) is 4.48. The van der Waals surface area contributed by atoms with Gasteiger partial charge in [-0.1, -0.05) is 43.0 Å². The highest BCUT2D eigenvalue weighted by Gasteiger charge is 2.14. The molecule has 0 amide bonds. The second-order valence-corrected chi connectivity index (χ2v) is 7.10. The molecular formula is C20H19N5OS. The maximum Gasteiger partial charge on any atom is 0.266 e. The predicted octanol–water partition coefficient (Wildman–Crippen LogP) is 3.37. The molecule has 0 spiro atoms. The van der Waals surface area contributed by atoms with Crippen LogP contribution < -0.4 is 5.56 Å². The second kappa shape index (κ2) is 7.36. The van der Waals surface area contributed by atoms with Crippen LogP contribution >= 0.6 is 11.8 Å². The Morgan fingerprint density at radius 2 is 1.85 bits per heavy atom. The highest BCUT2D eigenvalue weighted by Crippen LogP contribution is 2.24. The quantitative estimate of drug-likeness (QED) is 0.394. The molecule has 0 saturated heterocycles. The fourth-order valence-electron chi connectivity index (χ4n) is 2.90. The number of hydrogen-bond acceptors (Lipinski definition) is 5. The highest BCUT2D eigenvalue weighted by atomic mass is 32.2. The lowest BCUT2D eigenvalue weighted by Gasteiger charge is -2.13. The molecule has 0 fully saturated rings. The van der Waals surface area contributed by atoms with E-state index in [9.17, 15) is 4.79 Å². The van der Waals surface area contributed by atoms with Gasteiger partial charge in [-0.25, -0.2) is 9.97 Å². The molecule has 2 heterocycles. The van der Waals surface area contributed by atoms with E-state index in [0.29, 0.717) is 21.8 Å². The first-order valence-corrected chi connectivity index (χ1v) is 9.72. The second-order valence-electron chi connectivity index (χ2n) is 6.16. The first-order valence-electron chi connectivity index (χ1n) is 8.74. The monoisotopic (exact) mass is 377 g/mol. The molecule has 0 aliphatic rings. The molecule has 0 saturated carbocycles. The molecule has 0 radical (unpaired) electrons. The van der Waals surface area contributed by atoms with E-state index in [1.807, 2.05) is 55.6 Å². The fourth-order valence-corrected chi connectivity index (χ4v) is 3.90. The Morgan fingerprint density at radius 3 is 2.56 bits per heavy atom. The number of fused-ring (bicyclic) bond motifs is 1. The van der Waals surface area contributed by atoms with Crippen molar-refractivity contribution in [1.82, 2.24) is 24.3 Å². The van der Waals surface area contributed by atoms with Gasteiger partial charge in [-0.2, -0.15) is 5.10 Å². The Bertz CT molecular complexity index is 1150. The van der Waals surface area contributed by atoms with Crippen LogP contribution in [0, 0.1) is 0 Å². The summed E-state index contributed by atoms with van der Waals surface area (Å²) in [7, 11) is 1.85. The average molecular weight is 377 g/mol. The number of para-hydroxylation sites is 1. The van der Waals surface area contributed by atoms with E-state index in [1.54, 1.807) is 9.25 Å². The largest absolute Gasteiger partial charge is 0.268 e. The van der Waals surface area contributed by atoms with Crippen molar-refractivity contribution in [1.29, 1.82) is 0 Å². The van der Waals surface area contributed by atoms with Gasteiger partial charge in [-0.15, -0.1) is 0 Å². The van der Waals surface area contributed by atoms with Crippen LogP contribution in [0.3, 0.4) is 0 Å². The minimum Gasteiger partial charge on any atom is -0.268 e. The Labute approximate surface area is 160 Å². The van der Waals surface area contributed by atoms with Gasteiger partial charge in [0.05, 0.1) is 22.3 Å². The lowest BCUT2D eigenvalue weighted by Crippen LogP contribution is -2.21. The lowest BCUT2D eigenvalue weighted by molar-refractivity contribution is 0.728. The van der Waals surface area contributed by atoms with E-state index in [-0.39, 0.29) is 5.56 Å². The van der Waals surface area contributed by atoms with Crippen LogP contribution in [-0.4, -0.2) is 24.3 Å². The van der Waals surface area contributed by atoms with Crippen LogP contribution in [0.4, 0.5) is 0 Å². The fraction of sp³-hybridized carbons (Fsp3) is 0.200. The van der Waals surface area contributed by atoms with Crippen molar-refractivity contribution >= 4 is 22.7 Å². The van der Waals surface area contributed by atoms with E-state index in [0.717, 1.165) is 17.9 Å². The van der Waals surface area contributed by atoms with Crippen molar-refractivity contribution in [2.75, 3.05) is 0 Å². The normalized spacial score (nSPS) is 11.2. The third-order valence-corrected chi connectivity index (χ3v) is 5.42. The predicted molar refractivity (Wildman–Crippen MR) is 107 cm³/mol. The molecular weight excluding hydrogens is 358 g/mol. The Hall–Kier alpha value is -2.93. The van der Waals surface area contributed by atoms with Gasteiger partial charge in [0.2, 0.25) is 0 Å². The Balaban J connectivity index is 1.84. The highest BCUT2D eigenvalue weighted by molar-refractivity contribution is 7.98. The van der Waals surface area contributed by atoms with Crippen molar-refractivity contribution in [2.24, 2.45) is 7.05 Å². The summed E-state index contributed by atoms with van der Waals surface area (Å²) in [6, 6.07) is 15.5. The van der Waals surface area contributed by atoms with Crippen molar-refractivity contribution in [2.45, 2.75) is 24.3 Å². The summed E-state index contributed by atoms with van der Waals surface area (Å²) < 4.78 is 3.41. The van der Waals surface area contributed by atoms with Crippen LogP contribution in [0.5, 0.6) is 0 Å². The number of rotatable bonds is 5. The van der Waals surface area contributed by atoms with Crippen molar-refractivity contribution < 1.29 is 0 Å². The summed E-state index contributed by atoms with van der Waals surface area (Å²) in [5.74, 6) is 1.41. The first kappa shape index (κ1) is 17.5. The maximum atomic E-state index is 13.2. The van der Waals surface area contributed by atoms with E-state index in [2.05, 4.69) is 17.0 Å². The minimum atomic E-state index is -0.0645. The zero-order valence-corrected chi connectivity index (χ0v) is 16.0. The van der Waals surface area contributed by atoms with Gasteiger partial charge in [-0.05, 0) is 36.2 Å². The van der Waals surface area contributed by atoms with Gasteiger partial charge in [-0.3, -0.25) is 14.0 Å². The van der Waals surface area contributed by atoms with E-state index < -0.39 is 0 Å². The van der Waals surface area contributed by atoms with Crippen LogP contribution in [0.2, 0.25) is 0 Å². The topological polar surface area (TPSA) is 65.6 Å². The molecule has 2 aromatic heterocycles. The minimum absolute atomic E-state index is 0.0645. The molecule has 7 heteroatoms. The molecule has 6 nitrogen and oxygen atoms in total. The number of thioether (sulfide) groups is 1. The SMILES string of the molecule is CCc1ccc(-n2c(SCc3ncnn3C)nc3ccccc3c2=O)cc1. The number of aryl methyl sites for hydroxylation is 2. The lowest BCUT2D eigenvalue weighted by atomic mass is 10.1. The summed E-state index contributed by atoms with van der Waals surface area (Å²) in [4.78, 5) is 22.2. The van der Waals surface area contributed by atoms with Gasteiger partial charge in [0.1, 0.15) is 12.2 Å². The van der Waals surface area contributed by atoms with Crippen LogP contribution in [0.15, 0.2) is 64.8 Å². The van der Waals surface area contributed by atoms with Crippen molar-refractivity contribution in [3.05, 3.63) is 76.6 Å². The van der Waals surface area contributed by atoms with Gasteiger partial charge in [0.15, 0.2) is 5.16 Å². The number of nitrogens with zero attached hydrogens (tertiary/aromatic N) is 5. The van der Waals surface area contributed by atoms with E-state index >= 15 is 0 Å². The first-order chi connectivity index (χ1) is 13.2.